The van der Waals surface area contributed by atoms with E-state index in [4.69, 9.17) is 4.74 Å². The van der Waals surface area contributed by atoms with Crippen molar-refractivity contribution in [2.75, 3.05) is 0 Å². The fourth-order valence-electron chi connectivity index (χ4n) is 2.27. The van der Waals surface area contributed by atoms with E-state index < -0.39 is 0 Å². The molecule has 0 fully saturated rings. The zero-order valence-corrected chi connectivity index (χ0v) is 15.2. The zero-order chi connectivity index (χ0) is 17.0. The van der Waals surface area contributed by atoms with Crippen molar-refractivity contribution in [3.8, 4) is 5.75 Å². The minimum absolute atomic E-state index is 0.0703. The van der Waals surface area contributed by atoms with Gasteiger partial charge in [-0.25, -0.2) is 4.98 Å². The predicted molar refractivity (Wildman–Crippen MR) is 93.7 cm³/mol. The molecule has 124 valence electrons. The number of amides is 1. The monoisotopic (exact) mass is 332 g/mol. The van der Waals surface area contributed by atoms with Crippen molar-refractivity contribution in [1.82, 2.24) is 9.88 Å². The highest BCUT2D eigenvalue weighted by molar-refractivity contribution is 7.09. The van der Waals surface area contributed by atoms with E-state index in [-0.39, 0.29) is 11.9 Å². The van der Waals surface area contributed by atoms with Gasteiger partial charge >= 0.3 is 0 Å². The molecule has 2 rings (SSSR count). The molecule has 1 aromatic heterocycles. The third kappa shape index (κ3) is 4.79. The van der Waals surface area contributed by atoms with Crippen molar-refractivity contribution in [1.29, 1.82) is 0 Å². The van der Waals surface area contributed by atoms with Gasteiger partial charge in [-0.15, -0.1) is 11.3 Å². The quantitative estimate of drug-likeness (QED) is 0.800. The maximum atomic E-state index is 11.6. The molecule has 5 heteroatoms. The van der Waals surface area contributed by atoms with Crippen LogP contribution < -0.4 is 4.74 Å². The molecule has 0 aliphatic carbocycles. The van der Waals surface area contributed by atoms with Crippen molar-refractivity contribution in [2.24, 2.45) is 0 Å². The third-order valence-corrected chi connectivity index (χ3v) is 4.67. The standard InChI is InChI=1S/C18H24N2O2S/c1-12(2)20(15(5)21)9-16-11-23-18(19-16)10-22-17-7-6-13(3)14(4)8-17/h6-8,11-12H,9-10H2,1-5H3. The molecule has 0 aliphatic heterocycles. The van der Waals surface area contributed by atoms with Crippen molar-refractivity contribution < 1.29 is 9.53 Å². The Labute approximate surface area is 142 Å². The number of hydrogen-bond acceptors (Lipinski definition) is 4. The van der Waals surface area contributed by atoms with E-state index >= 15 is 0 Å². The van der Waals surface area contributed by atoms with Gasteiger partial charge in [0.05, 0.1) is 12.2 Å². The second-order valence-corrected chi connectivity index (χ2v) is 6.95. The fourth-order valence-corrected chi connectivity index (χ4v) is 2.96. The van der Waals surface area contributed by atoms with Gasteiger partial charge in [0, 0.05) is 18.3 Å². The number of ether oxygens (including phenoxy) is 1. The lowest BCUT2D eigenvalue weighted by molar-refractivity contribution is -0.131. The average molecular weight is 332 g/mol. The molecule has 0 spiro atoms. The summed E-state index contributed by atoms with van der Waals surface area (Å²) < 4.78 is 5.81. The molecule has 1 aromatic carbocycles. The average Bonchev–Trinajstić information content (AvgIpc) is 2.93. The van der Waals surface area contributed by atoms with Crippen molar-refractivity contribution in [2.45, 2.75) is 53.8 Å². The highest BCUT2D eigenvalue weighted by Crippen LogP contribution is 2.19. The molecule has 4 nitrogen and oxygen atoms in total. The lowest BCUT2D eigenvalue weighted by Gasteiger charge is -2.24. The van der Waals surface area contributed by atoms with Gasteiger partial charge in [0.15, 0.2) is 0 Å². The number of rotatable bonds is 6. The summed E-state index contributed by atoms with van der Waals surface area (Å²) in [5, 5.41) is 2.92. The first kappa shape index (κ1) is 17.5. The maximum Gasteiger partial charge on any atom is 0.220 e. The Morgan fingerprint density at radius 1 is 1.30 bits per heavy atom. The largest absolute Gasteiger partial charge is 0.486 e. The third-order valence-electron chi connectivity index (χ3n) is 3.80. The molecule has 0 atom stereocenters. The summed E-state index contributed by atoms with van der Waals surface area (Å²) in [7, 11) is 0. The maximum absolute atomic E-state index is 11.6. The Hall–Kier alpha value is -1.88. The Bertz CT molecular complexity index is 679. The summed E-state index contributed by atoms with van der Waals surface area (Å²) in [5.74, 6) is 0.929. The number of nitrogens with zero attached hydrogens (tertiary/aromatic N) is 2. The molecule has 0 bridgehead atoms. The van der Waals surface area contributed by atoms with Gasteiger partial charge in [-0.1, -0.05) is 6.07 Å². The van der Waals surface area contributed by atoms with Gasteiger partial charge in [-0.2, -0.15) is 0 Å². The molecule has 1 heterocycles. The number of aromatic nitrogens is 1. The second-order valence-electron chi connectivity index (χ2n) is 6.01. The van der Waals surface area contributed by atoms with Gasteiger partial charge in [-0.05, 0) is 51.0 Å². The Morgan fingerprint density at radius 2 is 2.04 bits per heavy atom. The van der Waals surface area contributed by atoms with Gasteiger partial charge in [-0.3, -0.25) is 4.79 Å². The Kier molecular flexibility index (Phi) is 5.77. The van der Waals surface area contributed by atoms with Gasteiger partial charge < -0.3 is 9.64 Å². The zero-order valence-electron chi connectivity index (χ0n) is 14.4. The van der Waals surface area contributed by atoms with Gasteiger partial charge in [0.2, 0.25) is 5.91 Å². The number of carbonyl (C=O) groups excluding carboxylic acids is 1. The van der Waals surface area contributed by atoms with Crippen LogP contribution in [0, 0.1) is 13.8 Å². The van der Waals surface area contributed by atoms with E-state index in [1.165, 1.54) is 11.1 Å². The van der Waals surface area contributed by atoms with E-state index in [2.05, 4.69) is 24.9 Å². The van der Waals surface area contributed by atoms with Crippen LogP contribution in [0.3, 0.4) is 0 Å². The summed E-state index contributed by atoms with van der Waals surface area (Å²) >= 11 is 1.57. The molecule has 2 aromatic rings. The molecular weight excluding hydrogens is 308 g/mol. The summed E-state index contributed by atoms with van der Waals surface area (Å²) in [6.45, 7) is 10.8. The highest BCUT2D eigenvalue weighted by atomic mass is 32.1. The van der Waals surface area contributed by atoms with E-state index in [1.807, 2.05) is 36.3 Å². The van der Waals surface area contributed by atoms with E-state index in [0.717, 1.165) is 16.5 Å². The van der Waals surface area contributed by atoms with Crippen LogP contribution in [-0.2, 0) is 17.9 Å². The topological polar surface area (TPSA) is 42.4 Å². The smallest absolute Gasteiger partial charge is 0.220 e. The van der Waals surface area contributed by atoms with Crippen molar-refractivity contribution in [3.05, 3.63) is 45.4 Å². The van der Waals surface area contributed by atoms with Crippen LogP contribution in [0.1, 0.15) is 42.6 Å². The summed E-state index contributed by atoms with van der Waals surface area (Å²) in [4.78, 5) is 18.0. The normalized spacial score (nSPS) is 10.9. The van der Waals surface area contributed by atoms with Crippen molar-refractivity contribution >= 4 is 17.2 Å². The second kappa shape index (κ2) is 7.59. The first-order valence-electron chi connectivity index (χ1n) is 7.77. The van der Waals surface area contributed by atoms with Crippen LogP contribution in [0.25, 0.3) is 0 Å². The molecule has 0 saturated carbocycles. The minimum atomic E-state index is 0.0703. The number of thiazole rings is 1. The fraction of sp³-hybridized carbons (Fsp3) is 0.444. The molecular formula is C18H24N2O2S. The molecule has 0 N–H and O–H groups in total. The number of hydrogen-bond donors (Lipinski definition) is 0. The van der Waals surface area contributed by atoms with Gasteiger partial charge in [0.1, 0.15) is 17.4 Å². The summed E-state index contributed by atoms with van der Waals surface area (Å²) in [5.41, 5.74) is 3.39. The Balaban J connectivity index is 1.96. The predicted octanol–water partition coefficient (Wildman–Crippen LogP) is 4.10. The molecule has 0 aliphatic rings. The molecule has 1 amide bonds. The first-order chi connectivity index (χ1) is 10.9. The molecule has 0 saturated heterocycles. The van der Waals surface area contributed by atoms with E-state index in [1.54, 1.807) is 18.3 Å². The molecule has 23 heavy (non-hydrogen) atoms. The Morgan fingerprint density at radius 3 is 2.65 bits per heavy atom. The summed E-state index contributed by atoms with van der Waals surface area (Å²) in [6.07, 6.45) is 0. The van der Waals surface area contributed by atoms with Gasteiger partial charge in [0.25, 0.3) is 0 Å². The van der Waals surface area contributed by atoms with Crippen molar-refractivity contribution in [3.63, 3.8) is 0 Å². The number of carbonyl (C=O) groups is 1. The van der Waals surface area contributed by atoms with Crippen LogP contribution in [0.15, 0.2) is 23.6 Å². The minimum Gasteiger partial charge on any atom is -0.486 e. The van der Waals surface area contributed by atoms with Crippen LogP contribution in [-0.4, -0.2) is 21.8 Å². The lowest BCUT2D eigenvalue weighted by atomic mass is 10.1. The van der Waals surface area contributed by atoms with Crippen LogP contribution in [0.5, 0.6) is 5.75 Å². The number of aryl methyl sites for hydroxylation is 2. The lowest BCUT2D eigenvalue weighted by Crippen LogP contribution is -2.34. The van der Waals surface area contributed by atoms with E-state index in [0.29, 0.717) is 13.2 Å². The summed E-state index contributed by atoms with van der Waals surface area (Å²) in [6, 6.07) is 6.25. The highest BCUT2D eigenvalue weighted by Gasteiger charge is 2.15. The SMILES string of the molecule is CC(=O)N(Cc1csc(COc2ccc(C)c(C)c2)n1)C(C)C. The van der Waals surface area contributed by atoms with Crippen LogP contribution in [0.4, 0.5) is 0 Å². The molecule has 0 radical (unpaired) electrons. The first-order valence-corrected chi connectivity index (χ1v) is 8.65. The van der Waals surface area contributed by atoms with Crippen LogP contribution >= 0.6 is 11.3 Å². The van der Waals surface area contributed by atoms with Crippen LogP contribution in [0.2, 0.25) is 0 Å². The molecule has 0 unspecified atom stereocenters. The van der Waals surface area contributed by atoms with E-state index in [9.17, 15) is 4.79 Å². The number of benzene rings is 1.